The summed E-state index contributed by atoms with van der Waals surface area (Å²) in [4.78, 5) is 9.38. The molecule has 0 unspecified atom stereocenters. The van der Waals surface area contributed by atoms with E-state index in [0.717, 1.165) is 44.3 Å². The fourth-order valence-corrected chi connectivity index (χ4v) is 4.17. The van der Waals surface area contributed by atoms with Crippen molar-refractivity contribution in [2.24, 2.45) is 0 Å². The van der Waals surface area contributed by atoms with Gasteiger partial charge in [0.1, 0.15) is 0 Å². The number of aryl methyl sites for hydroxylation is 2. The first-order chi connectivity index (χ1) is 11.5. The first kappa shape index (κ1) is 18.0. The first-order valence-electron chi connectivity index (χ1n) is 7.67. The number of aromatic nitrogens is 2. The SMILES string of the molecule is Cc1nc2cc3c(Cl)c(CCCl)c(C)nc3cc2c(Cl)c1CCCl. The minimum Gasteiger partial charge on any atom is -0.253 e. The van der Waals surface area contributed by atoms with E-state index in [4.69, 9.17) is 46.4 Å². The number of fused-ring (bicyclic) bond motifs is 2. The van der Waals surface area contributed by atoms with Crippen molar-refractivity contribution in [1.82, 2.24) is 9.97 Å². The zero-order valence-electron chi connectivity index (χ0n) is 13.4. The highest BCUT2D eigenvalue weighted by Gasteiger charge is 2.15. The summed E-state index contributed by atoms with van der Waals surface area (Å²) in [6, 6.07) is 3.92. The van der Waals surface area contributed by atoms with E-state index in [-0.39, 0.29) is 0 Å². The maximum atomic E-state index is 6.61. The average Bonchev–Trinajstić information content (AvgIpc) is 2.55. The van der Waals surface area contributed by atoms with Crippen LogP contribution in [0.25, 0.3) is 21.8 Å². The van der Waals surface area contributed by atoms with Crippen LogP contribution in [-0.2, 0) is 12.8 Å². The predicted octanol–water partition coefficient (Wildman–Crippen LogP) is 6.27. The molecule has 0 N–H and O–H groups in total. The molecule has 0 amide bonds. The lowest BCUT2D eigenvalue weighted by Crippen LogP contribution is -2.00. The Kier molecular flexibility index (Phi) is 5.41. The molecule has 6 heteroatoms. The molecule has 0 atom stereocenters. The molecule has 0 spiro atoms. The molecule has 0 aliphatic heterocycles. The van der Waals surface area contributed by atoms with Crippen molar-refractivity contribution in [3.63, 3.8) is 0 Å². The van der Waals surface area contributed by atoms with Gasteiger partial charge in [0.2, 0.25) is 0 Å². The largest absolute Gasteiger partial charge is 0.253 e. The Balaban J connectivity index is 2.35. The van der Waals surface area contributed by atoms with Crippen molar-refractivity contribution in [3.8, 4) is 0 Å². The Hall–Kier alpha value is -0.800. The van der Waals surface area contributed by atoms with Gasteiger partial charge in [0.05, 0.1) is 21.1 Å². The van der Waals surface area contributed by atoms with Gasteiger partial charge < -0.3 is 0 Å². The molecule has 0 aliphatic carbocycles. The number of alkyl halides is 2. The molecule has 0 saturated heterocycles. The van der Waals surface area contributed by atoms with Gasteiger partial charge >= 0.3 is 0 Å². The summed E-state index contributed by atoms with van der Waals surface area (Å²) in [5.74, 6) is 1.01. The lowest BCUT2D eigenvalue weighted by Gasteiger charge is -2.13. The molecule has 0 saturated carbocycles. The van der Waals surface area contributed by atoms with Crippen LogP contribution in [0, 0.1) is 13.8 Å². The fourth-order valence-electron chi connectivity index (χ4n) is 3.02. The molecule has 1 aromatic carbocycles. The third-order valence-electron chi connectivity index (χ3n) is 4.26. The molecule has 2 heterocycles. The number of hydrogen-bond donors (Lipinski definition) is 0. The Morgan fingerprint density at radius 1 is 0.750 bits per heavy atom. The highest BCUT2D eigenvalue weighted by molar-refractivity contribution is 6.38. The molecule has 0 bridgehead atoms. The molecule has 2 aromatic heterocycles. The second-order valence-electron chi connectivity index (χ2n) is 5.74. The fraction of sp³-hybridized carbons (Fsp3) is 0.333. The van der Waals surface area contributed by atoms with Gasteiger partial charge in [-0.1, -0.05) is 23.2 Å². The van der Waals surface area contributed by atoms with Crippen molar-refractivity contribution in [2.75, 3.05) is 11.8 Å². The van der Waals surface area contributed by atoms with Crippen molar-refractivity contribution in [2.45, 2.75) is 26.7 Å². The number of pyridine rings is 2. The quantitative estimate of drug-likeness (QED) is 0.380. The van der Waals surface area contributed by atoms with Crippen molar-refractivity contribution in [1.29, 1.82) is 0 Å². The smallest absolute Gasteiger partial charge is 0.0728 e. The number of rotatable bonds is 4. The van der Waals surface area contributed by atoms with Crippen LogP contribution in [0.3, 0.4) is 0 Å². The number of benzene rings is 1. The average molecular weight is 402 g/mol. The summed E-state index contributed by atoms with van der Waals surface area (Å²) >= 11 is 25.0. The van der Waals surface area contributed by atoms with Gasteiger partial charge in [-0.15, -0.1) is 23.2 Å². The number of halogens is 4. The maximum Gasteiger partial charge on any atom is 0.0728 e. The molecular weight excluding hydrogens is 386 g/mol. The molecule has 0 aliphatic rings. The zero-order chi connectivity index (χ0) is 17.4. The summed E-state index contributed by atoms with van der Waals surface area (Å²) in [5, 5.41) is 3.15. The van der Waals surface area contributed by atoms with Gasteiger partial charge in [0.25, 0.3) is 0 Å². The van der Waals surface area contributed by atoms with Crippen LogP contribution in [0.2, 0.25) is 10.0 Å². The Morgan fingerprint density at radius 3 is 1.46 bits per heavy atom. The second kappa shape index (κ2) is 7.21. The van der Waals surface area contributed by atoms with Gasteiger partial charge in [-0.2, -0.15) is 0 Å². The summed E-state index contributed by atoms with van der Waals surface area (Å²) in [6.45, 7) is 3.90. The topological polar surface area (TPSA) is 25.8 Å². The highest BCUT2D eigenvalue weighted by atomic mass is 35.5. The maximum absolute atomic E-state index is 6.61. The van der Waals surface area contributed by atoms with Crippen LogP contribution in [0.4, 0.5) is 0 Å². The van der Waals surface area contributed by atoms with E-state index < -0.39 is 0 Å². The lowest BCUT2D eigenvalue weighted by atomic mass is 10.0. The third kappa shape index (κ3) is 3.06. The number of nitrogens with zero attached hydrogens (tertiary/aromatic N) is 2. The van der Waals surface area contributed by atoms with Gasteiger partial charge in [-0.25, -0.2) is 0 Å². The van der Waals surface area contributed by atoms with Gasteiger partial charge in [0.15, 0.2) is 0 Å². The van der Waals surface area contributed by atoms with Crippen LogP contribution < -0.4 is 0 Å². The minimum atomic E-state index is 0.506. The normalized spacial score (nSPS) is 11.6. The van der Waals surface area contributed by atoms with Gasteiger partial charge in [0, 0.05) is 33.9 Å². The molecule has 24 heavy (non-hydrogen) atoms. The van der Waals surface area contributed by atoms with Gasteiger partial charge in [-0.05, 0) is 49.9 Å². The molecule has 0 fully saturated rings. The molecule has 2 nitrogen and oxygen atoms in total. The molecule has 0 radical (unpaired) electrons. The Morgan fingerprint density at radius 2 is 1.12 bits per heavy atom. The Labute approximate surface area is 161 Å². The van der Waals surface area contributed by atoms with Crippen LogP contribution in [0.5, 0.6) is 0 Å². The summed E-state index contributed by atoms with van der Waals surface area (Å²) in [5.41, 5.74) is 5.38. The minimum absolute atomic E-state index is 0.506. The molecular formula is C18H16Cl4N2. The number of hydrogen-bond acceptors (Lipinski definition) is 2. The van der Waals surface area contributed by atoms with Crippen LogP contribution >= 0.6 is 46.4 Å². The van der Waals surface area contributed by atoms with Gasteiger partial charge in [-0.3, -0.25) is 9.97 Å². The van der Waals surface area contributed by atoms with E-state index in [0.29, 0.717) is 34.6 Å². The van der Waals surface area contributed by atoms with E-state index in [1.165, 1.54) is 0 Å². The third-order valence-corrected chi connectivity index (χ3v) is 5.50. The lowest BCUT2D eigenvalue weighted by molar-refractivity contribution is 1.07. The first-order valence-corrected chi connectivity index (χ1v) is 9.49. The van der Waals surface area contributed by atoms with E-state index >= 15 is 0 Å². The van der Waals surface area contributed by atoms with Crippen LogP contribution in [0.15, 0.2) is 12.1 Å². The van der Waals surface area contributed by atoms with Crippen molar-refractivity contribution >= 4 is 68.2 Å². The van der Waals surface area contributed by atoms with E-state index in [9.17, 15) is 0 Å². The summed E-state index contributed by atoms with van der Waals surface area (Å²) in [7, 11) is 0. The van der Waals surface area contributed by atoms with E-state index in [1.54, 1.807) is 0 Å². The molecule has 3 aromatic rings. The van der Waals surface area contributed by atoms with Crippen LogP contribution in [-0.4, -0.2) is 21.7 Å². The summed E-state index contributed by atoms with van der Waals surface area (Å²) < 4.78 is 0. The second-order valence-corrected chi connectivity index (χ2v) is 7.26. The van der Waals surface area contributed by atoms with Crippen molar-refractivity contribution in [3.05, 3.63) is 44.7 Å². The van der Waals surface area contributed by atoms with Crippen molar-refractivity contribution < 1.29 is 0 Å². The predicted molar refractivity (Wildman–Crippen MR) is 105 cm³/mol. The monoisotopic (exact) mass is 400 g/mol. The Bertz CT molecular complexity index is 860. The van der Waals surface area contributed by atoms with Crippen LogP contribution in [0.1, 0.15) is 22.5 Å². The standard InChI is InChI=1S/C18H16Cl4N2/c1-9-11(3-5-19)17(21)13-8-16-14(7-15(13)23-9)18(22)12(4-6-20)10(2)24-16/h7-8H,3-6H2,1-2H3. The highest BCUT2D eigenvalue weighted by Crippen LogP contribution is 2.35. The molecule has 3 rings (SSSR count). The summed E-state index contributed by atoms with van der Waals surface area (Å²) in [6.07, 6.45) is 1.38. The zero-order valence-corrected chi connectivity index (χ0v) is 16.4. The van der Waals surface area contributed by atoms with E-state index in [2.05, 4.69) is 9.97 Å². The molecule has 126 valence electrons. The van der Waals surface area contributed by atoms with E-state index in [1.807, 2.05) is 26.0 Å².